The Balaban J connectivity index is 1.43. The fourth-order valence-corrected chi connectivity index (χ4v) is 4.47. The van der Waals surface area contributed by atoms with Crippen molar-refractivity contribution in [3.63, 3.8) is 0 Å². The number of urea groups is 1. The van der Waals surface area contributed by atoms with Crippen molar-refractivity contribution in [1.82, 2.24) is 20.0 Å². The maximum atomic E-state index is 13.4. The number of nitrogens with one attached hydrogen (secondary N) is 1. The van der Waals surface area contributed by atoms with Gasteiger partial charge in [-0.2, -0.15) is 18.2 Å². The van der Waals surface area contributed by atoms with Crippen LogP contribution in [0.15, 0.2) is 53.1 Å². The lowest BCUT2D eigenvalue weighted by atomic mass is 10.1. The van der Waals surface area contributed by atoms with Gasteiger partial charge >= 0.3 is 12.2 Å². The van der Waals surface area contributed by atoms with E-state index in [1.165, 1.54) is 6.07 Å². The lowest BCUT2D eigenvalue weighted by Gasteiger charge is -2.35. The molecule has 2 aromatic heterocycles. The van der Waals surface area contributed by atoms with Crippen molar-refractivity contribution in [3.8, 4) is 11.3 Å². The van der Waals surface area contributed by atoms with E-state index >= 15 is 0 Å². The molecule has 0 saturated carbocycles. The molecule has 12 heteroatoms. The molecule has 0 atom stereocenters. The number of alkyl halides is 3. The molecule has 1 fully saturated rings. The zero-order valence-corrected chi connectivity index (χ0v) is 21.2. The summed E-state index contributed by atoms with van der Waals surface area (Å²) in [7, 11) is 0. The topological polar surface area (TPSA) is 87.4 Å². The van der Waals surface area contributed by atoms with Crippen LogP contribution in [0.3, 0.4) is 0 Å². The van der Waals surface area contributed by atoms with Gasteiger partial charge in [-0.1, -0.05) is 35.8 Å². The predicted molar refractivity (Wildman–Crippen MR) is 138 cm³/mol. The fourth-order valence-electron chi connectivity index (χ4n) is 4.34. The van der Waals surface area contributed by atoms with Crippen molar-refractivity contribution in [3.05, 3.63) is 64.9 Å². The summed E-state index contributed by atoms with van der Waals surface area (Å²) >= 11 is 5.91. The lowest BCUT2D eigenvalue weighted by Crippen LogP contribution is -2.50. The minimum absolute atomic E-state index is 0.216. The van der Waals surface area contributed by atoms with Gasteiger partial charge in [-0.15, -0.1) is 0 Å². The molecule has 0 unspecified atom stereocenters. The van der Waals surface area contributed by atoms with E-state index in [1.54, 1.807) is 35.2 Å². The highest BCUT2D eigenvalue weighted by Crippen LogP contribution is 2.37. The van der Waals surface area contributed by atoms with E-state index in [4.69, 9.17) is 21.1 Å². The van der Waals surface area contributed by atoms with Gasteiger partial charge in [0.2, 0.25) is 0 Å². The second kappa shape index (κ2) is 10.5. The largest absolute Gasteiger partial charge is 0.416 e. The van der Waals surface area contributed by atoms with Gasteiger partial charge in [0.05, 0.1) is 5.56 Å². The third-order valence-electron chi connectivity index (χ3n) is 6.26. The van der Waals surface area contributed by atoms with Crippen molar-refractivity contribution >= 4 is 40.2 Å². The maximum absolute atomic E-state index is 13.4. The Kier molecular flexibility index (Phi) is 7.11. The molecular weight excluding hydrogens is 521 g/mol. The average Bonchev–Trinajstić information content (AvgIpc) is 3.33. The zero-order chi connectivity index (χ0) is 26.9. The average molecular weight is 545 g/mol. The van der Waals surface area contributed by atoms with Crippen LogP contribution in [0.1, 0.15) is 24.7 Å². The molecule has 0 bridgehead atoms. The van der Waals surface area contributed by atoms with Gasteiger partial charge < -0.3 is 19.6 Å². The quantitative estimate of drug-likeness (QED) is 0.319. The molecule has 1 N–H and O–H groups in total. The highest BCUT2D eigenvalue weighted by molar-refractivity contribution is 6.30. The van der Waals surface area contributed by atoms with Crippen LogP contribution in [0.2, 0.25) is 5.02 Å². The van der Waals surface area contributed by atoms with Crippen LogP contribution in [0, 0.1) is 0 Å². The molecular formula is C26H24ClF3N6O2. The summed E-state index contributed by atoms with van der Waals surface area (Å²) in [6.07, 6.45) is -3.09. The number of aryl methyl sites for hydroxylation is 1. The summed E-state index contributed by atoms with van der Waals surface area (Å²) in [5.41, 5.74) is 0.573. The minimum atomic E-state index is -4.49. The van der Waals surface area contributed by atoms with Crippen molar-refractivity contribution in [1.29, 1.82) is 0 Å². The molecule has 8 nitrogen and oxygen atoms in total. The molecule has 1 aliphatic heterocycles. The van der Waals surface area contributed by atoms with Gasteiger partial charge in [0.1, 0.15) is 22.7 Å². The molecule has 3 heterocycles. The first kappa shape index (κ1) is 25.8. The molecule has 1 aliphatic rings. The number of nitrogens with zero attached hydrogens (tertiary/aromatic N) is 5. The van der Waals surface area contributed by atoms with E-state index in [1.807, 2.05) is 11.8 Å². The van der Waals surface area contributed by atoms with Crippen LogP contribution >= 0.6 is 11.6 Å². The smallest absolute Gasteiger partial charge is 0.352 e. The van der Waals surface area contributed by atoms with Crippen LogP contribution in [0.5, 0.6) is 0 Å². The molecule has 0 radical (unpaired) electrons. The van der Waals surface area contributed by atoms with Crippen LogP contribution in [0.4, 0.5) is 29.5 Å². The van der Waals surface area contributed by atoms with Gasteiger partial charge in [0.25, 0.3) is 5.71 Å². The van der Waals surface area contributed by atoms with Gasteiger partial charge in [-0.3, -0.25) is 0 Å². The second-order valence-corrected chi connectivity index (χ2v) is 9.35. The molecule has 0 aliphatic carbocycles. The number of carbonyl (C=O) groups excluding carboxylic acids is 1. The van der Waals surface area contributed by atoms with Crippen molar-refractivity contribution < 1.29 is 22.5 Å². The Bertz CT molecular complexity index is 1450. The van der Waals surface area contributed by atoms with Crippen LogP contribution in [-0.4, -0.2) is 52.2 Å². The summed E-state index contributed by atoms with van der Waals surface area (Å²) in [6, 6.07) is 11.6. The lowest BCUT2D eigenvalue weighted by molar-refractivity contribution is -0.137. The van der Waals surface area contributed by atoms with E-state index in [9.17, 15) is 18.0 Å². The number of hydrogen-bond acceptors (Lipinski definition) is 6. The molecule has 198 valence electrons. The van der Waals surface area contributed by atoms with E-state index in [0.717, 1.165) is 18.6 Å². The van der Waals surface area contributed by atoms with Crippen LogP contribution in [0.25, 0.3) is 22.4 Å². The molecule has 5 rings (SSSR count). The first-order chi connectivity index (χ1) is 18.2. The third-order valence-corrected chi connectivity index (χ3v) is 6.51. The number of rotatable bonds is 5. The molecule has 2 amide bonds. The van der Waals surface area contributed by atoms with Crippen LogP contribution in [-0.2, 0) is 12.6 Å². The van der Waals surface area contributed by atoms with E-state index in [2.05, 4.69) is 15.5 Å². The summed E-state index contributed by atoms with van der Waals surface area (Å²) in [4.78, 5) is 25.7. The third kappa shape index (κ3) is 5.38. The minimum Gasteiger partial charge on any atom is -0.352 e. The van der Waals surface area contributed by atoms with Gasteiger partial charge in [-0.25, -0.2) is 9.78 Å². The fraction of sp³-hybridized carbons (Fsp3) is 0.308. The van der Waals surface area contributed by atoms with Gasteiger partial charge in [0.15, 0.2) is 0 Å². The highest BCUT2D eigenvalue weighted by Gasteiger charge is 2.32. The van der Waals surface area contributed by atoms with E-state index < -0.39 is 11.7 Å². The molecule has 2 aromatic carbocycles. The van der Waals surface area contributed by atoms with Crippen molar-refractivity contribution in [2.45, 2.75) is 25.9 Å². The number of amides is 2. The molecule has 0 spiro atoms. The number of aromatic nitrogens is 3. The number of piperazine rings is 1. The first-order valence-corrected chi connectivity index (χ1v) is 12.5. The number of carbonyl (C=O) groups is 1. The number of anilines is 2. The van der Waals surface area contributed by atoms with E-state index in [0.29, 0.717) is 60.3 Å². The SMILES string of the molecule is CCCc1nc(N2CCN(C(=O)Nc3ccc(Cl)cc3)CC2)c2c(-c3cccc(C(F)(F)F)c3)noc2n1. The zero-order valence-electron chi connectivity index (χ0n) is 20.4. The number of hydrogen-bond donors (Lipinski definition) is 1. The van der Waals surface area contributed by atoms with Crippen molar-refractivity contribution in [2.24, 2.45) is 0 Å². The summed E-state index contributed by atoms with van der Waals surface area (Å²) in [5.74, 6) is 1.09. The molecule has 1 saturated heterocycles. The number of benzene rings is 2. The first-order valence-electron chi connectivity index (χ1n) is 12.1. The Morgan fingerprint density at radius 2 is 1.82 bits per heavy atom. The second-order valence-electron chi connectivity index (χ2n) is 8.91. The maximum Gasteiger partial charge on any atom is 0.416 e. The van der Waals surface area contributed by atoms with Crippen LogP contribution < -0.4 is 10.2 Å². The number of halogens is 4. The standard InChI is InChI=1S/C26H24ClF3N6O2/c1-2-4-20-32-23(35-11-13-36(14-12-35)25(37)31-19-9-7-18(27)8-10-19)21-22(34-38-24(21)33-20)16-5-3-6-17(15-16)26(28,29)30/h3,5-10,15H,2,4,11-14H2,1H3,(H,31,37). The Morgan fingerprint density at radius 3 is 2.50 bits per heavy atom. The Morgan fingerprint density at radius 1 is 1.08 bits per heavy atom. The monoisotopic (exact) mass is 544 g/mol. The normalized spacial score (nSPS) is 14.2. The Hall–Kier alpha value is -3.86. The summed E-state index contributed by atoms with van der Waals surface area (Å²) < 4.78 is 45.6. The highest BCUT2D eigenvalue weighted by atomic mass is 35.5. The van der Waals surface area contributed by atoms with Gasteiger partial charge in [0, 0.05) is 48.9 Å². The number of fused-ring (bicyclic) bond motifs is 1. The summed E-state index contributed by atoms with van der Waals surface area (Å²) in [6.45, 7) is 3.74. The summed E-state index contributed by atoms with van der Waals surface area (Å²) in [5, 5.41) is 7.97. The van der Waals surface area contributed by atoms with E-state index in [-0.39, 0.29) is 23.0 Å². The predicted octanol–water partition coefficient (Wildman–Crippen LogP) is 6.26. The Labute approximate surface area is 221 Å². The van der Waals surface area contributed by atoms with Gasteiger partial charge in [-0.05, 0) is 42.8 Å². The molecule has 38 heavy (non-hydrogen) atoms. The van der Waals surface area contributed by atoms with Crippen molar-refractivity contribution in [2.75, 3.05) is 36.4 Å². The molecule has 4 aromatic rings.